The minimum Gasteiger partial charge on any atom is -0.508 e. The molecule has 0 amide bonds. The van der Waals surface area contributed by atoms with Gasteiger partial charge in [0, 0.05) is 18.5 Å². The molecule has 2 aromatic carbocycles. The SMILES string of the molecule is C.C.C.CC.CC.Clc1ccnc(Cl)n1.Clc1nccc(Oc2ccccc2)n1.Oc1ccccc1. The van der Waals surface area contributed by atoms with Crippen molar-refractivity contribution in [3.8, 4) is 17.4 Å². The Hall–Kier alpha value is -2.93. The number of nitrogens with zero attached hydrogens (tertiary/aromatic N) is 4. The van der Waals surface area contributed by atoms with Crippen LogP contribution < -0.4 is 4.74 Å². The minimum atomic E-state index is 0. The van der Waals surface area contributed by atoms with Gasteiger partial charge >= 0.3 is 0 Å². The fourth-order valence-electron chi connectivity index (χ4n) is 1.73. The molecule has 0 aliphatic carbocycles. The number of para-hydroxylation sites is 2. The number of aromatic hydroxyl groups is 1. The third kappa shape index (κ3) is 20.4. The van der Waals surface area contributed by atoms with Crippen LogP contribution in [0.1, 0.15) is 50.0 Å². The van der Waals surface area contributed by atoms with Crippen LogP contribution in [-0.2, 0) is 0 Å². The van der Waals surface area contributed by atoms with Gasteiger partial charge in [0.2, 0.25) is 16.4 Å². The maximum atomic E-state index is 8.63. The molecule has 0 spiro atoms. The molecule has 2 heterocycles. The van der Waals surface area contributed by atoms with E-state index in [1.54, 1.807) is 42.6 Å². The molecule has 0 bridgehead atoms. The van der Waals surface area contributed by atoms with Gasteiger partial charge in [0.25, 0.3) is 0 Å². The first-order valence-electron chi connectivity index (χ1n) is 10.1. The molecule has 36 heavy (non-hydrogen) atoms. The Labute approximate surface area is 232 Å². The summed E-state index contributed by atoms with van der Waals surface area (Å²) in [5.74, 6) is 1.49. The average molecular weight is 558 g/mol. The van der Waals surface area contributed by atoms with Crippen molar-refractivity contribution < 1.29 is 9.84 Å². The Morgan fingerprint density at radius 3 is 1.42 bits per heavy atom. The fourth-order valence-corrected chi connectivity index (χ4v) is 2.19. The van der Waals surface area contributed by atoms with Crippen LogP contribution >= 0.6 is 34.8 Å². The van der Waals surface area contributed by atoms with Gasteiger partial charge in [-0.15, -0.1) is 0 Å². The van der Waals surface area contributed by atoms with E-state index < -0.39 is 0 Å². The van der Waals surface area contributed by atoms with Crippen molar-refractivity contribution in [2.75, 3.05) is 0 Å². The number of phenolic OH excluding ortho intramolecular Hbond substituents is 1. The predicted octanol–water partition coefficient (Wildman–Crippen LogP) is 10.1. The molecule has 9 heteroatoms. The van der Waals surface area contributed by atoms with Gasteiger partial charge in [-0.3, -0.25) is 0 Å². The average Bonchev–Trinajstić information content (AvgIpc) is 2.84. The summed E-state index contributed by atoms with van der Waals surface area (Å²) in [4.78, 5) is 14.9. The molecule has 1 N–H and O–H groups in total. The second-order valence-electron chi connectivity index (χ2n) is 5.06. The molecule has 0 radical (unpaired) electrons. The van der Waals surface area contributed by atoms with Crippen molar-refractivity contribution in [2.24, 2.45) is 0 Å². The number of benzene rings is 2. The third-order valence-electron chi connectivity index (χ3n) is 2.91. The highest BCUT2D eigenvalue weighted by atomic mass is 35.5. The van der Waals surface area contributed by atoms with E-state index in [1.165, 1.54) is 6.20 Å². The van der Waals surface area contributed by atoms with E-state index in [-0.39, 0.29) is 32.8 Å². The zero-order chi connectivity index (χ0) is 24.9. The first-order chi connectivity index (χ1) is 16.0. The Bertz CT molecular complexity index is 979. The molecule has 4 rings (SSSR count). The maximum absolute atomic E-state index is 8.63. The molecule has 200 valence electrons. The van der Waals surface area contributed by atoms with E-state index in [4.69, 9.17) is 44.6 Å². The third-order valence-corrected chi connectivity index (χ3v) is 3.49. The Morgan fingerprint density at radius 1 is 0.611 bits per heavy atom. The van der Waals surface area contributed by atoms with Gasteiger partial charge in [0.05, 0.1) is 0 Å². The van der Waals surface area contributed by atoms with Gasteiger partial charge in [-0.05, 0) is 53.5 Å². The lowest BCUT2D eigenvalue weighted by atomic mass is 10.3. The summed E-state index contributed by atoms with van der Waals surface area (Å²) in [6, 6.07) is 21.3. The molecule has 0 fully saturated rings. The van der Waals surface area contributed by atoms with Crippen LogP contribution in [0.25, 0.3) is 0 Å². The molecule has 0 unspecified atom stereocenters. The quantitative estimate of drug-likeness (QED) is 0.195. The number of hydrogen-bond donors (Lipinski definition) is 1. The van der Waals surface area contributed by atoms with E-state index in [0.29, 0.717) is 16.8 Å². The van der Waals surface area contributed by atoms with Crippen molar-refractivity contribution in [2.45, 2.75) is 50.0 Å². The van der Waals surface area contributed by atoms with E-state index in [9.17, 15) is 0 Å². The lowest BCUT2D eigenvalue weighted by Gasteiger charge is -2.02. The van der Waals surface area contributed by atoms with Crippen LogP contribution in [0.3, 0.4) is 0 Å². The van der Waals surface area contributed by atoms with Gasteiger partial charge in [0.1, 0.15) is 16.7 Å². The molecule has 0 saturated heterocycles. The number of ether oxygens (including phenoxy) is 1. The number of rotatable bonds is 2. The monoisotopic (exact) mass is 556 g/mol. The topological polar surface area (TPSA) is 81.0 Å². The van der Waals surface area contributed by atoms with Gasteiger partial charge in [-0.25, -0.2) is 15.0 Å². The van der Waals surface area contributed by atoms with Gasteiger partial charge in [-0.2, -0.15) is 4.98 Å². The summed E-state index contributed by atoms with van der Waals surface area (Å²) >= 11 is 16.4. The van der Waals surface area contributed by atoms with Crippen LogP contribution in [0, 0.1) is 0 Å². The van der Waals surface area contributed by atoms with Crippen LogP contribution in [0.2, 0.25) is 15.7 Å². The van der Waals surface area contributed by atoms with Crippen molar-refractivity contribution in [3.05, 3.63) is 101 Å². The lowest BCUT2D eigenvalue weighted by Crippen LogP contribution is -1.88. The van der Waals surface area contributed by atoms with E-state index in [0.717, 1.165) is 5.75 Å². The molecule has 0 aliphatic rings. The minimum absolute atomic E-state index is 0. The first-order valence-corrected chi connectivity index (χ1v) is 11.3. The van der Waals surface area contributed by atoms with E-state index in [1.807, 2.05) is 64.1 Å². The smallest absolute Gasteiger partial charge is 0.225 e. The summed E-state index contributed by atoms with van der Waals surface area (Å²) in [5.41, 5.74) is 0. The zero-order valence-corrected chi connectivity index (χ0v) is 21.1. The second-order valence-corrected chi connectivity index (χ2v) is 6.13. The maximum Gasteiger partial charge on any atom is 0.225 e. The van der Waals surface area contributed by atoms with Gasteiger partial charge in [-0.1, -0.05) is 98.0 Å². The Morgan fingerprint density at radius 2 is 1.06 bits per heavy atom. The standard InChI is InChI=1S/C10H7ClN2O.C6H6O.C4H2Cl2N2.2C2H6.3CH4/c11-10-12-7-6-9(13-10)14-8-4-2-1-3-5-8;7-6-4-2-1-3-5-6;5-3-1-2-7-4(6)8-3;2*1-2;;;/h1-7H;1-5,7H;1-2H;2*1-2H3;3*1H4. The largest absolute Gasteiger partial charge is 0.508 e. The van der Waals surface area contributed by atoms with Crippen molar-refractivity contribution in [3.63, 3.8) is 0 Å². The summed E-state index contributed by atoms with van der Waals surface area (Å²) in [5, 5.41) is 9.36. The zero-order valence-electron chi connectivity index (χ0n) is 18.9. The summed E-state index contributed by atoms with van der Waals surface area (Å²) in [6.45, 7) is 8.00. The number of halogens is 3. The Kier molecular flexibility index (Phi) is 29.8. The highest BCUT2D eigenvalue weighted by Gasteiger charge is 1.98. The predicted molar refractivity (Wildman–Crippen MR) is 157 cm³/mol. The highest BCUT2D eigenvalue weighted by Crippen LogP contribution is 2.18. The molecular weight excluding hydrogens is 519 g/mol. The molecule has 4 aromatic rings. The molecule has 0 saturated carbocycles. The second kappa shape index (κ2) is 26.7. The van der Waals surface area contributed by atoms with Crippen LogP contribution in [-0.4, -0.2) is 25.0 Å². The molecular formula is C27H39Cl3N4O2. The normalized spacial score (nSPS) is 7.86. The summed E-state index contributed by atoms with van der Waals surface area (Å²) in [6.07, 6.45) is 3.05. The van der Waals surface area contributed by atoms with Gasteiger partial charge < -0.3 is 9.84 Å². The Balaban J connectivity index is -0.000000203. The summed E-state index contributed by atoms with van der Waals surface area (Å²) < 4.78 is 5.42. The molecule has 0 atom stereocenters. The number of phenols is 1. The number of aromatic nitrogens is 4. The van der Waals surface area contributed by atoms with Gasteiger partial charge in [0.15, 0.2) is 0 Å². The van der Waals surface area contributed by atoms with Crippen LogP contribution in [0.5, 0.6) is 17.4 Å². The van der Waals surface area contributed by atoms with Crippen molar-refractivity contribution >= 4 is 34.8 Å². The van der Waals surface area contributed by atoms with E-state index >= 15 is 0 Å². The van der Waals surface area contributed by atoms with Crippen molar-refractivity contribution in [1.29, 1.82) is 0 Å². The highest BCUT2D eigenvalue weighted by molar-refractivity contribution is 6.31. The number of hydrogen-bond acceptors (Lipinski definition) is 6. The molecule has 0 aliphatic heterocycles. The first kappa shape index (κ1) is 40.2. The lowest BCUT2D eigenvalue weighted by molar-refractivity contribution is 0.461. The van der Waals surface area contributed by atoms with Crippen LogP contribution in [0.15, 0.2) is 85.2 Å². The van der Waals surface area contributed by atoms with Crippen LogP contribution in [0.4, 0.5) is 0 Å². The molecule has 2 aromatic heterocycles. The fraction of sp³-hybridized carbons (Fsp3) is 0.259. The van der Waals surface area contributed by atoms with E-state index in [2.05, 4.69) is 19.9 Å². The summed E-state index contributed by atoms with van der Waals surface area (Å²) in [7, 11) is 0. The molecule has 6 nitrogen and oxygen atoms in total. The van der Waals surface area contributed by atoms with Crippen molar-refractivity contribution in [1.82, 2.24) is 19.9 Å².